The van der Waals surface area contributed by atoms with E-state index in [4.69, 9.17) is 34.8 Å². The van der Waals surface area contributed by atoms with Gasteiger partial charge in [0.15, 0.2) is 6.61 Å². The maximum absolute atomic E-state index is 12.5. The first kappa shape index (κ1) is 37.1. The Bertz CT molecular complexity index is 1310. The molecule has 2 aromatic rings. The standard InChI is InChI=1S/C35H47N3O9/c1-6-19-43-21-22-44-20-15-33(40)38-17-13-26(14-18-38)46-29-10-11-32(36-24-29)47-28-9-7-8-27(23-28)45-25-31(39)37-30(34(41)42-5)12-16-35(2,3)4/h1,7-11,23-24,26,30H,12-22,25H2,2-5H3,(H,37,39)/t30-/m0/s1. The second kappa shape index (κ2) is 19.4. The number of carbonyl (C=O) groups excluding carboxylic acids is 3. The molecule has 47 heavy (non-hydrogen) atoms. The number of rotatable bonds is 18. The third-order valence-electron chi connectivity index (χ3n) is 7.23. The lowest BCUT2D eigenvalue weighted by atomic mass is 9.88. The summed E-state index contributed by atoms with van der Waals surface area (Å²) >= 11 is 0. The Morgan fingerprint density at radius 3 is 2.47 bits per heavy atom. The predicted octanol–water partition coefficient (Wildman–Crippen LogP) is 4.16. The molecule has 0 unspecified atom stereocenters. The van der Waals surface area contributed by atoms with Gasteiger partial charge in [-0.3, -0.25) is 9.59 Å². The Labute approximate surface area is 277 Å². The van der Waals surface area contributed by atoms with Crippen molar-refractivity contribution >= 4 is 17.8 Å². The van der Waals surface area contributed by atoms with Gasteiger partial charge in [-0.15, -0.1) is 6.42 Å². The summed E-state index contributed by atoms with van der Waals surface area (Å²) in [5, 5.41) is 2.70. The van der Waals surface area contributed by atoms with Gasteiger partial charge in [-0.1, -0.05) is 32.8 Å². The molecule has 0 saturated carbocycles. The first-order chi connectivity index (χ1) is 22.6. The second-order valence-corrected chi connectivity index (χ2v) is 12.3. The van der Waals surface area contributed by atoms with Crippen molar-refractivity contribution < 1.29 is 42.8 Å². The Morgan fingerprint density at radius 1 is 1.04 bits per heavy atom. The number of ether oxygens (including phenoxy) is 6. The van der Waals surface area contributed by atoms with Crippen LogP contribution in [0.1, 0.15) is 52.9 Å². The number of esters is 1. The summed E-state index contributed by atoms with van der Waals surface area (Å²) in [7, 11) is 1.30. The van der Waals surface area contributed by atoms with E-state index in [1.165, 1.54) is 7.11 Å². The molecule has 0 aliphatic carbocycles. The zero-order valence-corrected chi connectivity index (χ0v) is 27.8. The van der Waals surface area contributed by atoms with Gasteiger partial charge in [0.1, 0.15) is 36.0 Å². The fourth-order valence-electron chi connectivity index (χ4n) is 4.68. The molecule has 1 aliphatic rings. The third-order valence-corrected chi connectivity index (χ3v) is 7.23. The van der Waals surface area contributed by atoms with E-state index in [9.17, 15) is 14.4 Å². The number of piperidine rings is 1. The molecule has 256 valence electrons. The van der Waals surface area contributed by atoms with E-state index in [1.54, 1.807) is 42.6 Å². The van der Waals surface area contributed by atoms with Crippen LogP contribution in [0, 0.1) is 17.8 Å². The van der Waals surface area contributed by atoms with Gasteiger partial charge >= 0.3 is 5.97 Å². The highest BCUT2D eigenvalue weighted by Gasteiger charge is 2.25. The van der Waals surface area contributed by atoms with Gasteiger partial charge in [-0.25, -0.2) is 9.78 Å². The minimum Gasteiger partial charge on any atom is -0.489 e. The second-order valence-electron chi connectivity index (χ2n) is 12.3. The van der Waals surface area contributed by atoms with Crippen molar-refractivity contribution in [1.29, 1.82) is 0 Å². The maximum atomic E-state index is 12.5. The number of pyridine rings is 1. The zero-order chi connectivity index (χ0) is 34.1. The van der Waals surface area contributed by atoms with Gasteiger partial charge in [0, 0.05) is 38.1 Å². The minimum absolute atomic E-state index is 0.00776. The smallest absolute Gasteiger partial charge is 0.328 e. The number of hydrogen-bond acceptors (Lipinski definition) is 10. The van der Waals surface area contributed by atoms with E-state index < -0.39 is 17.9 Å². The van der Waals surface area contributed by atoms with Gasteiger partial charge in [-0.05, 0) is 36.5 Å². The van der Waals surface area contributed by atoms with Crippen LogP contribution in [0.25, 0.3) is 0 Å². The number of aromatic nitrogens is 1. The van der Waals surface area contributed by atoms with Crippen molar-refractivity contribution in [3.8, 4) is 35.5 Å². The maximum Gasteiger partial charge on any atom is 0.328 e. The predicted molar refractivity (Wildman–Crippen MR) is 174 cm³/mol. The van der Waals surface area contributed by atoms with Crippen LogP contribution >= 0.6 is 0 Å². The number of benzene rings is 1. The molecule has 3 rings (SSSR count). The molecule has 12 nitrogen and oxygen atoms in total. The third kappa shape index (κ3) is 14.3. The van der Waals surface area contributed by atoms with Crippen LogP contribution in [-0.2, 0) is 28.6 Å². The van der Waals surface area contributed by atoms with Crippen LogP contribution < -0.4 is 19.5 Å². The normalized spacial score (nSPS) is 14.1. The lowest BCUT2D eigenvalue weighted by Gasteiger charge is -2.32. The number of amides is 2. The van der Waals surface area contributed by atoms with E-state index in [2.05, 4.69) is 37.0 Å². The molecule has 1 fully saturated rings. The fraction of sp³-hybridized carbons (Fsp3) is 0.543. The molecule has 1 aliphatic heterocycles. The summed E-state index contributed by atoms with van der Waals surface area (Å²) in [6.45, 7) is 8.58. The lowest BCUT2D eigenvalue weighted by Crippen LogP contribution is -2.44. The highest BCUT2D eigenvalue weighted by molar-refractivity contribution is 5.85. The Kier molecular flexibility index (Phi) is 15.3. The van der Waals surface area contributed by atoms with Crippen LogP contribution in [0.15, 0.2) is 42.6 Å². The summed E-state index contributed by atoms with van der Waals surface area (Å²) in [5.74, 6) is 3.39. The van der Waals surface area contributed by atoms with E-state index >= 15 is 0 Å². The van der Waals surface area contributed by atoms with Gasteiger partial charge in [0.05, 0.1) is 39.5 Å². The molecule has 1 aromatic carbocycles. The van der Waals surface area contributed by atoms with Crippen LogP contribution in [0.3, 0.4) is 0 Å². The van der Waals surface area contributed by atoms with E-state index in [-0.39, 0.29) is 30.6 Å². The average Bonchev–Trinajstić information content (AvgIpc) is 3.06. The summed E-state index contributed by atoms with van der Waals surface area (Å²) in [5.41, 5.74) is 0.00776. The molecule has 1 N–H and O–H groups in total. The molecular weight excluding hydrogens is 606 g/mol. The Morgan fingerprint density at radius 2 is 1.79 bits per heavy atom. The fourth-order valence-corrected chi connectivity index (χ4v) is 4.68. The molecule has 0 radical (unpaired) electrons. The van der Waals surface area contributed by atoms with E-state index in [1.807, 2.05) is 4.90 Å². The first-order valence-electron chi connectivity index (χ1n) is 15.8. The molecule has 0 bridgehead atoms. The topological polar surface area (TPSA) is 135 Å². The quantitative estimate of drug-likeness (QED) is 0.142. The van der Waals surface area contributed by atoms with Crippen molar-refractivity contribution in [1.82, 2.24) is 15.2 Å². The van der Waals surface area contributed by atoms with Crippen molar-refractivity contribution in [3.63, 3.8) is 0 Å². The van der Waals surface area contributed by atoms with Gasteiger partial charge in [0.2, 0.25) is 11.8 Å². The van der Waals surface area contributed by atoms with Crippen molar-refractivity contribution in [2.75, 3.05) is 53.2 Å². The van der Waals surface area contributed by atoms with Crippen molar-refractivity contribution in [3.05, 3.63) is 42.6 Å². The number of nitrogens with one attached hydrogen (secondary N) is 1. The van der Waals surface area contributed by atoms with Crippen LogP contribution in [-0.4, -0.2) is 93.0 Å². The summed E-state index contributed by atoms with van der Waals surface area (Å²) in [6, 6.07) is 9.58. The minimum atomic E-state index is -0.743. The Hall–Kier alpha value is -4.34. The molecule has 12 heteroatoms. The van der Waals surface area contributed by atoms with Crippen LogP contribution in [0.2, 0.25) is 0 Å². The van der Waals surface area contributed by atoms with Crippen molar-refractivity contribution in [2.45, 2.75) is 65.0 Å². The molecule has 2 heterocycles. The van der Waals surface area contributed by atoms with Crippen LogP contribution in [0.5, 0.6) is 23.1 Å². The largest absolute Gasteiger partial charge is 0.489 e. The summed E-state index contributed by atoms with van der Waals surface area (Å²) < 4.78 is 33.0. The lowest BCUT2D eigenvalue weighted by molar-refractivity contribution is -0.145. The molecule has 1 atom stereocenters. The van der Waals surface area contributed by atoms with Gasteiger partial charge in [-0.2, -0.15) is 0 Å². The SMILES string of the molecule is C#CCOCCOCCC(=O)N1CCC(Oc2ccc(Oc3cccc(OCC(=O)N[C@@H](CCC(C)(C)C)C(=O)OC)c3)nc2)CC1. The highest BCUT2D eigenvalue weighted by atomic mass is 16.5. The van der Waals surface area contributed by atoms with Crippen molar-refractivity contribution in [2.24, 2.45) is 5.41 Å². The molecule has 2 amide bonds. The Balaban J connectivity index is 1.39. The number of methoxy groups -OCH3 is 1. The number of carbonyl (C=O) groups is 3. The average molecular weight is 654 g/mol. The molecule has 1 saturated heterocycles. The van der Waals surface area contributed by atoms with Gasteiger partial charge in [0.25, 0.3) is 5.91 Å². The number of hydrogen-bond donors (Lipinski definition) is 1. The summed E-state index contributed by atoms with van der Waals surface area (Å²) in [4.78, 5) is 43.3. The number of nitrogens with zero attached hydrogens (tertiary/aromatic N) is 2. The number of likely N-dealkylation sites (tertiary alicyclic amines) is 1. The molecule has 1 aromatic heterocycles. The zero-order valence-electron chi connectivity index (χ0n) is 27.8. The monoisotopic (exact) mass is 653 g/mol. The molecule has 0 spiro atoms. The van der Waals surface area contributed by atoms with Crippen LogP contribution in [0.4, 0.5) is 0 Å². The van der Waals surface area contributed by atoms with E-state index in [0.717, 1.165) is 19.3 Å². The highest BCUT2D eigenvalue weighted by Crippen LogP contribution is 2.26. The molecular formula is C35H47N3O9. The van der Waals surface area contributed by atoms with Gasteiger partial charge < -0.3 is 38.6 Å². The number of terminal acetylenes is 1. The first-order valence-corrected chi connectivity index (χ1v) is 15.8. The summed E-state index contributed by atoms with van der Waals surface area (Å²) in [6.07, 6.45) is 9.65. The van der Waals surface area contributed by atoms with E-state index in [0.29, 0.717) is 68.9 Å².